The van der Waals surface area contributed by atoms with Crippen LogP contribution in [0.15, 0.2) is 60.8 Å². The van der Waals surface area contributed by atoms with Crippen molar-refractivity contribution in [2.24, 2.45) is 5.73 Å². The Bertz CT molecular complexity index is 1280. The van der Waals surface area contributed by atoms with Crippen molar-refractivity contribution < 1.29 is 37.6 Å². The number of hydrogen-bond acceptors (Lipinski definition) is 8. The van der Waals surface area contributed by atoms with Gasteiger partial charge < -0.3 is 20.1 Å². The van der Waals surface area contributed by atoms with Gasteiger partial charge in [-0.1, -0.05) is 229 Å². The summed E-state index contributed by atoms with van der Waals surface area (Å²) in [5.41, 5.74) is 5.37. The smallest absolute Gasteiger partial charge is 0.462 e. The van der Waals surface area contributed by atoms with Crippen molar-refractivity contribution in [3.63, 3.8) is 0 Å². The van der Waals surface area contributed by atoms with E-state index in [9.17, 15) is 19.0 Å². The highest BCUT2D eigenvalue weighted by atomic mass is 31.2. The number of carbonyl (C=O) groups is 2. The predicted molar refractivity (Wildman–Crippen MR) is 284 cm³/mol. The Morgan fingerprint density at radius 2 is 0.821 bits per heavy atom. The average molecular weight is 962 g/mol. The largest absolute Gasteiger partial charge is 0.472 e. The second-order valence-electron chi connectivity index (χ2n) is 18.4. The van der Waals surface area contributed by atoms with Gasteiger partial charge in [-0.15, -0.1) is 0 Å². The van der Waals surface area contributed by atoms with Crippen LogP contribution in [-0.2, 0) is 32.7 Å². The molecule has 0 bridgehead atoms. The Morgan fingerprint density at radius 3 is 1.24 bits per heavy atom. The van der Waals surface area contributed by atoms with Crippen molar-refractivity contribution in [1.82, 2.24) is 0 Å². The Kier molecular flexibility index (Phi) is 51.3. The molecule has 0 heterocycles. The second kappa shape index (κ2) is 53.1. The summed E-state index contributed by atoms with van der Waals surface area (Å²) in [5.74, 6) is -0.850. The fourth-order valence-corrected chi connectivity index (χ4v) is 8.56. The predicted octanol–water partition coefficient (Wildman–Crippen LogP) is 17.2. The fraction of sp³-hybridized carbons (Fsp3) is 0.789. The molecular weight excluding hydrogens is 858 g/mol. The normalized spacial score (nSPS) is 13.6. The van der Waals surface area contributed by atoms with Crippen molar-refractivity contribution in [3.05, 3.63) is 60.8 Å². The number of phosphoric acid groups is 1. The summed E-state index contributed by atoms with van der Waals surface area (Å²) in [7, 11) is -4.39. The first-order chi connectivity index (χ1) is 32.8. The van der Waals surface area contributed by atoms with Crippen molar-refractivity contribution in [1.29, 1.82) is 0 Å². The van der Waals surface area contributed by atoms with Gasteiger partial charge in [0.1, 0.15) is 6.61 Å². The third-order valence-electron chi connectivity index (χ3n) is 11.9. The molecule has 0 saturated carbocycles. The van der Waals surface area contributed by atoms with Gasteiger partial charge in [0.2, 0.25) is 0 Å². The van der Waals surface area contributed by atoms with E-state index in [1.54, 1.807) is 0 Å². The quantitative estimate of drug-likeness (QED) is 0.0264. The van der Waals surface area contributed by atoms with Crippen molar-refractivity contribution in [2.75, 3.05) is 26.4 Å². The van der Waals surface area contributed by atoms with Gasteiger partial charge in [-0.25, -0.2) is 4.57 Å². The Hall–Kier alpha value is -2.29. The number of phosphoric ester groups is 1. The molecule has 0 aliphatic heterocycles. The number of nitrogens with two attached hydrogens (primary N) is 1. The summed E-state index contributed by atoms with van der Waals surface area (Å²) in [6.07, 6.45) is 65.7. The van der Waals surface area contributed by atoms with Crippen LogP contribution in [0.2, 0.25) is 0 Å². The van der Waals surface area contributed by atoms with E-state index in [4.69, 9.17) is 24.3 Å². The van der Waals surface area contributed by atoms with Crippen molar-refractivity contribution in [3.8, 4) is 0 Å². The van der Waals surface area contributed by atoms with E-state index in [2.05, 4.69) is 74.6 Å². The zero-order chi connectivity index (χ0) is 48.8. The highest BCUT2D eigenvalue weighted by molar-refractivity contribution is 7.47. The van der Waals surface area contributed by atoms with Crippen LogP contribution in [0.1, 0.15) is 258 Å². The molecule has 67 heavy (non-hydrogen) atoms. The third-order valence-corrected chi connectivity index (χ3v) is 12.9. The summed E-state index contributed by atoms with van der Waals surface area (Å²) >= 11 is 0. The number of esters is 2. The average Bonchev–Trinajstić information content (AvgIpc) is 3.32. The standard InChI is InChI=1S/C57H104NO8P/c1-3-5-7-9-11-13-15-17-19-21-22-23-24-25-26-27-28-29-30-31-32-34-35-37-39-41-43-45-47-49-56(59)63-53-55(54-65-67(61,62)64-52-51-58)66-57(60)50-48-46-44-42-40-38-36-33-20-18-16-14-12-10-8-6-4-2/h6,8,12,14,18,20-22,36,38,55H,3-5,7,9-11,13,15-17,19,23-35,37,39-54,58H2,1-2H3,(H,61,62)/b8-6-,14-12-,20-18-,22-21-,38-36-. The van der Waals surface area contributed by atoms with Crippen molar-refractivity contribution in [2.45, 2.75) is 264 Å². The topological polar surface area (TPSA) is 134 Å². The van der Waals surface area contributed by atoms with Gasteiger partial charge in [0.05, 0.1) is 13.2 Å². The Labute approximate surface area is 412 Å². The van der Waals surface area contributed by atoms with E-state index >= 15 is 0 Å². The molecule has 390 valence electrons. The summed E-state index contributed by atoms with van der Waals surface area (Å²) in [6, 6.07) is 0. The fourth-order valence-electron chi connectivity index (χ4n) is 7.80. The Balaban J connectivity index is 3.94. The first kappa shape index (κ1) is 64.7. The van der Waals surface area contributed by atoms with Gasteiger partial charge in [-0.2, -0.15) is 0 Å². The van der Waals surface area contributed by atoms with Crippen LogP contribution in [0.3, 0.4) is 0 Å². The van der Waals surface area contributed by atoms with Crippen LogP contribution in [0, 0.1) is 0 Å². The maximum absolute atomic E-state index is 12.6. The minimum atomic E-state index is -4.39. The SMILES string of the molecule is CC/C=C\C/C=C\C/C=C\C/C=C\CCCCCCC(=O)OC(COC(=O)CCCCCCCCCCCCCCCCCCC/C=C\CCCCCCCCCC)COP(=O)(O)OCCN. The summed E-state index contributed by atoms with van der Waals surface area (Å²) < 4.78 is 32.9. The second-order valence-corrected chi connectivity index (χ2v) is 19.9. The van der Waals surface area contributed by atoms with Gasteiger partial charge in [0.25, 0.3) is 0 Å². The van der Waals surface area contributed by atoms with E-state index in [0.717, 1.165) is 70.6 Å². The molecule has 0 aromatic carbocycles. The van der Waals surface area contributed by atoms with Crippen molar-refractivity contribution >= 4 is 19.8 Å². The van der Waals surface area contributed by atoms with Crippen LogP contribution < -0.4 is 5.73 Å². The number of carbonyl (C=O) groups excluding carboxylic acids is 2. The number of hydrogen-bond donors (Lipinski definition) is 2. The van der Waals surface area contributed by atoms with Gasteiger partial charge in [0, 0.05) is 19.4 Å². The molecule has 2 unspecified atom stereocenters. The molecule has 0 saturated heterocycles. The number of rotatable bonds is 52. The van der Waals surface area contributed by atoms with Crippen LogP contribution in [0.5, 0.6) is 0 Å². The van der Waals surface area contributed by atoms with Crippen LogP contribution >= 0.6 is 7.82 Å². The maximum atomic E-state index is 12.6. The van der Waals surface area contributed by atoms with Crippen LogP contribution in [-0.4, -0.2) is 49.3 Å². The lowest BCUT2D eigenvalue weighted by Crippen LogP contribution is -2.29. The van der Waals surface area contributed by atoms with Gasteiger partial charge in [-0.3, -0.25) is 18.6 Å². The Morgan fingerprint density at radius 1 is 0.463 bits per heavy atom. The first-order valence-electron chi connectivity index (χ1n) is 27.8. The van der Waals surface area contributed by atoms with Crippen LogP contribution in [0.25, 0.3) is 0 Å². The lowest BCUT2D eigenvalue weighted by atomic mass is 10.0. The summed E-state index contributed by atoms with van der Waals surface area (Å²) in [4.78, 5) is 35.1. The van der Waals surface area contributed by atoms with Gasteiger partial charge in [-0.05, 0) is 77.0 Å². The molecular formula is C57H104NO8P. The number of unbranched alkanes of at least 4 members (excludes halogenated alkanes) is 29. The molecule has 0 fully saturated rings. The van der Waals surface area contributed by atoms with Crippen LogP contribution in [0.4, 0.5) is 0 Å². The lowest BCUT2D eigenvalue weighted by Gasteiger charge is -2.19. The molecule has 9 nitrogen and oxygen atoms in total. The minimum absolute atomic E-state index is 0.0476. The molecule has 3 N–H and O–H groups in total. The van der Waals surface area contributed by atoms with E-state index in [1.165, 1.54) is 154 Å². The molecule has 0 spiro atoms. The number of ether oxygens (including phenoxy) is 2. The molecule has 0 aromatic heterocycles. The monoisotopic (exact) mass is 962 g/mol. The highest BCUT2D eigenvalue weighted by Gasteiger charge is 2.26. The molecule has 0 amide bonds. The number of allylic oxidation sites excluding steroid dienone is 10. The summed E-state index contributed by atoms with van der Waals surface area (Å²) in [5, 5.41) is 0. The zero-order valence-electron chi connectivity index (χ0n) is 43.4. The van der Waals surface area contributed by atoms with E-state index in [-0.39, 0.29) is 38.6 Å². The highest BCUT2D eigenvalue weighted by Crippen LogP contribution is 2.43. The third kappa shape index (κ3) is 52.9. The molecule has 0 radical (unpaired) electrons. The molecule has 10 heteroatoms. The lowest BCUT2D eigenvalue weighted by molar-refractivity contribution is -0.161. The van der Waals surface area contributed by atoms with Gasteiger partial charge >= 0.3 is 19.8 Å². The van der Waals surface area contributed by atoms with E-state index in [1.807, 2.05) is 0 Å². The minimum Gasteiger partial charge on any atom is -0.462 e. The zero-order valence-corrected chi connectivity index (χ0v) is 44.3. The summed E-state index contributed by atoms with van der Waals surface area (Å²) in [6.45, 7) is 3.62. The molecule has 0 aromatic rings. The molecule has 2 atom stereocenters. The first-order valence-corrected chi connectivity index (χ1v) is 29.3. The van der Waals surface area contributed by atoms with E-state index in [0.29, 0.717) is 6.42 Å². The van der Waals surface area contributed by atoms with Gasteiger partial charge in [0.15, 0.2) is 6.10 Å². The molecule has 0 aliphatic rings. The molecule has 0 rings (SSSR count). The van der Waals surface area contributed by atoms with E-state index < -0.39 is 26.5 Å². The molecule has 0 aliphatic carbocycles. The maximum Gasteiger partial charge on any atom is 0.472 e.